The van der Waals surface area contributed by atoms with Crippen LogP contribution in [0.15, 0.2) is 29.6 Å². The number of hydrogen-bond acceptors (Lipinski definition) is 2. The minimum atomic E-state index is -0.523. The maximum atomic E-state index is 13.7. The number of halogens is 3. The third kappa shape index (κ3) is 2.66. The summed E-state index contributed by atoms with van der Waals surface area (Å²) in [6, 6.07) is 5.41. The van der Waals surface area contributed by atoms with E-state index in [1.807, 2.05) is 11.4 Å². The van der Waals surface area contributed by atoms with Crippen LogP contribution in [0.5, 0.6) is 0 Å². The summed E-state index contributed by atoms with van der Waals surface area (Å²) in [5.74, 6) is -1.05. The minimum absolute atomic E-state index is 0.0733. The topological polar surface area (TPSA) is 12.0 Å². The molecular formula is C12H10F2INS. The van der Waals surface area contributed by atoms with Crippen LogP contribution in [0.1, 0.15) is 17.2 Å². The molecule has 2 aromatic rings. The molecule has 0 aliphatic carbocycles. The van der Waals surface area contributed by atoms with E-state index in [1.54, 1.807) is 18.4 Å². The number of benzene rings is 1. The lowest BCUT2D eigenvalue weighted by Crippen LogP contribution is -2.19. The SMILES string of the molecule is CNC(c1csc(I)c1)c1c(F)cccc1F. The van der Waals surface area contributed by atoms with E-state index >= 15 is 0 Å². The van der Waals surface area contributed by atoms with Crippen LogP contribution in [0.4, 0.5) is 8.78 Å². The third-order valence-corrected chi connectivity index (χ3v) is 4.31. The molecule has 1 aromatic carbocycles. The van der Waals surface area contributed by atoms with Gasteiger partial charge in [-0.1, -0.05) is 6.07 Å². The van der Waals surface area contributed by atoms with Crippen LogP contribution in [0.25, 0.3) is 0 Å². The van der Waals surface area contributed by atoms with Crippen molar-refractivity contribution in [3.63, 3.8) is 0 Å². The average molecular weight is 365 g/mol. The Hall–Kier alpha value is -0.530. The zero-order valence-electron chi connectivity index (χ0n) is 9.01. The van der Waals surface area contributed by atoms with Crippen molar-refractivity contribution >= 4 is 33.9 Å². The third-order valence-electron chi connectivity index (χ3n) is 2.50. The molecule has 0 fully saturated rings. The maximum absolute atomic E-state index is 13.7. The highest BCUT2D eigenvalue weighted by Crippen LogP contribution is 2.30. The van der Waals surface area contributed by atoms with Crippen LogP contribution in [0.2, 0.25) is 0 Å². The summed E-state index contributed by atoms with van der Waals surface area (Å²) < 4.78 is 28.5. The fourth-order valence-electron chi connectivity index (χ4n) is 1.74. The molecule has 1 nitrogen and oxygen atoms in total. The molecule has 1 aromatic heterocycles. The average Bonchev–Trinajstić information content (AvgIpc) is 2.70. The quantitative estimate of drug-likeness (QED) is 0.813. The molecule has 0 saturated heterocycles. The van der Waals surface area contributed by atoms with E-state index < -0.39 is 17.7 Å². The molecule has 0 saturated carbocycles. The van der Waals surface area contributed by atoms with Crippen molar-refractivity contribution in [2.45, 2.75) is 6.04 Å². The Morgan fingerprint density at radius 3 is 2.41 bits per heavy atom. The van der Waals surface area contributed by atoms with Crippen molar-refractivity contribution in [2.75, 3.05) is 7.05 Å². The monoisotopic (exact) mass is 365 g/mol. The highest BCUT2D eigenvalue weighted by molar-refractivity contribution is 14.1. The molecule has 0 bridgehead atoms. The summed E-state index contributed by atoms with van der Waals surface area (Å²) in [5, 5.41) is 4.86. The van der Waals surface area contributed by atoms with Gasteiger partial charge in [0.15, 0.2) is 0 Å². The molecule has 17 heavy (non-hydrogen) atoms. The van der Waals surface area contributed by atoms with Crippen LogP contribution in [0.3, 0.4) is 0 Å². The fraction of sp³-hybridized carbons (Fsp3) is 0.167. The van der Waals surface area contributed by atoms with E-state index in [1.165, 1.54) is 18.2 Å². The van der Waals surface area contributed by atoms with Gasteiger partial charge >= 0.3 is 0 Å². The molecule has 2 rings (SSSR count). The summed E-state index contributed by atoms with van der Waals surface area (Å²) in [7, 11) is 1.70. The highest BCUT2D eigenvalue weighted by atomic mass is 127. The molecule has 5 heteroatoms. The molecule has 90 valence electrons. The van der Waals surface area contributed by atoms with Crippen LogP contribution in [-0.4, -0.2) is 7.05 Å². The summed E-state index contributed by atoms with van der Waals surface area (Å²) in [6.07, 6.45) is 0. The van der Waals surface area contributed by atoms with E-state index in [4.69, 9.17) is 0 Å². The Morgan fingerprint density at radius 2 is 1.94 bits per heavy atom. The van der Waals surface area contributed by atoms with Crippen molar-refractivity contribution in [1.82, 2.24) is 5.32 Å². The Bertz CT molecular complexity index is 507. The van der Waals surface area contributed by atoms with Gasteiger partial charge < -0.3 is 5.32 Å². The Kier molecular flexibility index (Phi) is 4.11. The van der Waals surface area contributed by atoms with Crippen molar-refractivity contribution < 1.29 is 8.78 Å². The predicted octanol–water partition coefficient (Wildman–Crippen LogP) is 3.94. The molecule has 1 heterocycles. The zero-order chi connectivity index (χ0) is 12.4. The lowest BCUT2D eigenvalue weighted by molar-refractivity contribution is 0.522. The highest BCUT2D eigenvalue weighted by Gasteiger charge is 2.21. The molecule has 0 radical (unpaired) electrons. The van der Waals surface area contributed by atoms with E-state index in [0.717, 1.165) is 8.45 Å². The van der Waals surface area contributed by atoms with E-state index in [2.05, 4.69) is 27.9 Å². The lowest BCUT2D eigenvalue weighted by Gasteiger charge is -2.16. The Morgan fingerprint density at radius 1 is 1.29 bits per heavy atom. The van der Waals surface area contributed by atoms with E-state index in [9.17, 15) is 8.78 Å². The largest absolute Gasteiger partial charge is 0.309 e. The minimum Gasteiger partial charge on any atom is -0.309 e. The predicted molar refractivity (Wildman–Crippen MR) is 74.3 cm³/mol. The molecule has 0 aliphatic heterocycles. The second kappa shape index (κ2) is 5.41. The van der Waals surface area contributed by atoms with Gasteiger partial charge in [-0.05, 0) is 58.8 Å². The number of nitrogens with one attached hydrogen (secondary N) is 1. The normalized spacial score (nSPS) is 12.7. The molecule has 1 N–H and O–H groups in total. The second-order valence-electron chi connectivity index (χ2n) is 3.54. The van der Waals surface area contributed by atoms with Gasteiger partial charge in [-0.25, -0.2) is 8.78 Å². The molecule has 0 spiro atoms. The number of rotatable bonds is 3. The van der Waals surface area contributed by atoms with Crippen LogP contribution in [-0.2, 0) is 0 Å². The van der Waals surface area contributed by atoms with Crippen molar-refractivity contribution in [3.05, 3.63) is 55.3 Å². The first-order valence-corrected chi connectivity index (χ1v) is 6.94. The molecule has 1 unspecified atom stereocenters. The van der Waals surface area contributed by atoms with Crippen LogP contribution < -0.4 is 5.32 Å². The summed E-state index contributed by atoms with van der Waals surface area (Å²) in [5.41, 5.74) is 0.954. The van der Waals surface area contributed by atoms with Gasteiger partial charge in [-0.2, -0.15) is 0 Å². The van der Waals surface area contributed by atoms with Crippen molar-refractivity contribution in [1.29, 1.82) is 0 Å². The Labute approximate surface area is 116 Å². The first-order valence-electron chi connectivity index (χ1n) is 4.98. The zero-order valence-corrected chi connectivity index (χ0v) is 12.0. The van der Waals surface area contributed by atoms with Crippen LogP contribution in [0, 0.1) is 14.5 Å². The first-order chi connectivity index (χ1) is 8.13. The van der Waals surface area contributed by atoms with Crippen LogP contribution >= 0.6 is 33.9 Å². The number of hydrogen-bond donors (Lipinski definition) is 1. The standard InChI is InChI=1S/C12H10F2INS/c1-16-12(7-5-10(15)17-6-7)11-8(13)3-2-4-9(11)14/h2-6,12,16H,1H3. The lowest BCUT2D eigenvalue weighted by atomic mass is 10.0. The van der Waals surface area contributed by atoms with E-state index in [0.29, 0.717) is 0 Å². The van der Waals surface area contributed by atoms with Gasteiger partial charge in [0.1, 0.15) is 11.6 Å². The number of thiophene rings is 1. The van der Waals surface area contributed by atoms with Crippen molar-refractivity contribution in [3.8, 4) is 0 Å². The van der Waals surface area contributed by atoms with E-state index in [-0.39, 0.29) is 5.56 Å². The van der Waals surface area contributed by atoms with Crippen molar-refractivity contribution in [2.24, 2.45) is 0 Å². The second-order valence-corrected chi connectivity index (χ2v) is 6.35. The van der Waals surface area contributed by atoms with Gasteiger partial charge in [-0.3, -0.25) is 0 Å². The summed E-state index contributed by atoms with van der Waals surface area (Å²) in [4.78, 5) is 0. The Balaban J connectivity index is 2.49. The fourth-order valence-corrected chi connectivity index (χ4v) is 3.14. The summed E-state index contributed by atoms with van der Waals surface area (Å²) in [6.45, 7) is 0. The smallest absolute Gasteiger partial charge is 0.131 e. The molecule has 0 aliphatic rings. The first kappa shape index (κ1) is 12.9. The molecule has 0 amide bonds. The van der Waals surface area contributed by atoms with Gasteiger partial charge in [0.25, 0.3) is 0 Å². The maximum Gasteiger partial charge on any atom is 0.131 e. The van der Waals surface area contributed by atoms with Gasteiger partial charge in [-0.15, -0.1) is 11.3 Å². The summed E-state index contributed by atoms with van der Waals surface area (Å²) >= 11 is 3.75. The molecule has 1 atom stereocenters. The van der Waals surface area contributed by atoms with Gasteiger partial charge in [0.05, 0.1) is 8.93 Å². The van der Waals surface area contributed by atoms with Gasteiger partial charge in [0, 0.05) is 5.56 Å². The molecular weight excluding hydrogens is 355 g/mol. The van der Waals surface area contributed by atoms with Gasteiger partial charge in [0.2, 0.25) is 0 Å².